The van der Waals surface area contributed by atoms with Crippen molar-refractivity contribution >= 4 is 33.2 Å². The highest BCUT2D eigenvalue weighted by atomic mass is 35.5. The van der Waals surface area contributed by atoms with Crippen molar-refractivity contribution in [1.29, 1.82) is 0 Å². The first-order chi connectivity index (χ1) is 10.9. The van der Waals surface area contributed by atoms with Gasteiger partial charge < -0.3 is 5.32 Å². The Kier molecular flexibility index (Phi) is 5.15. The molecule has 2 saturated heterocycles. The molecule has 9 heteroatoms. The van der Waals surface area contributed by atoms with Crippen LogP contribution < -0.4 is 5.32 Å². The summed E-state index contributed by atoms with van der Waals surface area (Å²) >= 11 is 11.5. The summed E-state index contributed by atoms with van der Waals surface area (Å²) in [6.45, 7) is 4.03. The number of hydrogen-bond donors (Lipinski definition) is 1. The summed E-state index contributed by atoms with van der Waals surface area (Å²) in [6, 6.07) is 2.95. The Morgan fingerprint density at radius 3 is 2.48 bits per heavy atom. The fourth-order valence-electron chi connectivity index (χ4n) is 3.11. The molecule has 0 amide bonds. The van der Waals surface area contributed by atoms with E-state index in [0.29, 0.717) is 32.2 Å². The zero-order valence-electron chi connectivity index (χ0n) is 12.4. The smallest absolute Gasteiger partial charge is 0.244 e. The van der Waals surface area contributed by atoms with Crippen molar-refractivity contribution in [3.05, 3.63) is 28.0 Å². The molecule has 1 atom stereocenters. The number of rotatable bonds is 3. The van der Waals surface area contributed by atoms with E-state index in [9.17, 15) is 12.8 Å². The van der Waals surface area contributed by atoms with Gasteiger partial charge in [0.1, 0.15) is 4.90 Å². The molecule has 0 spiro atoms. The van der Waals surface area contributed by atoms with E-state index >= 15 is 0 Å². The van der Waals surface area contributed by atoms with Crippen LogP contribution in [0.2, 0.25) is 10.0 Å². The zero-order valence-corrected chi connectivity index (χ0v) is 14.8. The van der Waals surface area contributed by atoms with Crippen LogP contribution in [0.5, 0.6) is 0 Å². The lowest BCUT2D eigenvalue weighted by molar-refractivity contribution is 0.145. The molecule has 2 aliphatic rings. The third kappa shape index (κ3) is 3.36. The summed E-state index contributed by atoms with van der Waals surface area (Å²) in [4.78, 5) is 2.08. The molecule has 1 unspecified atom stereocenters. The van der Waals surface area contributed by atoms with E-state index in [1.165, 1.54) is 16.4 Å². The third-order valence-corrected chi connectivity index (χ3v) is 7.16. The van der Waals surface area contributed by atoms with E-state index in [2.05, 4.69) is 10.2 Å². The quantitative estimate of drug-likeness (QED) is 0.811. The Morgan fingerprint density at radius 1 is 1.17 bits per heavy atom. The Balaban J connectivity index is 1.75. The Labute approximate surface area is 145 Å². The number of sulfonamides is 1. The van der Waals surface area contributed by atoms with Gasteiger partial charge in [-0.05, 0) is 25.1 Å². The Morgan fingerprint density at radius 2 is 1.87 bits per heavy atom. The van der Waals surface area contributed by atoms with E-state index in [1.54, 1.807) is 0 Å². The largest absolute Gasteiger partial charge is 0.315 e. The summed E-state index contributed by atoms with van der Waals surface area (Å²) < 4.78 is 40.6. The van der Waals surface area contributed by atoms with Crippen molar-refractivity contribution < 1.29 is 12.8 Å². The van der Waals surface area contributed by atoms with E-state index in [4.69, 9.17) is 23.2 Å². The van der Waals surface area contributed by atoms with Crippen LogP contribution >= 0.6 is 23.2 Å². The third-order valence-electron chi connectivity index (χ3n) is 4.44. The predicted octanol–water partition coefficient (Wildman–Crippen LogP) is 1.80. The van der Waals surface area contributed by atoms with Crippen LogP contribution in [0.1, 0.15) is 6.42 Å². The summed E-state index contributed by atoms with van der Waals surface area (Å²) in [7, 11) is -3.82. The maximum absolute atomic E-state index is 13.8. The number of piperazine rings is 1. The van der Waals surface area contributed by atoms with Gasteiger partial charge in [0.25, 0.3) is 0 Å². The van der Waals surface area contributed by atoms with Crippen molar-refractivity contribution in [2.24, 2.45) is 0 Å². The van der Waals surface area contributed by atoms with Gasteiger partial charge in [-0.2, -0.15) is 4.31 Å². The molecule has 0 saturated carbocycles. The highest BCUT2D eigenvalue weighted by Crippen LogP contribution is 2.31. The van der Waals surface area contributed by atoms with Crippen molar-refractivity contribution in [3.63, 3.8) is 0 Å². The topological polar surface area (TPSA) is 52.7 Å². The van der Waals surface area contributed by atoms with Gasteiger partial charge in [0.2, 0.25) is 10.0 Å². The lowest BCUT2D eigenvalue weighted by atomic mass is 10.2. The molecule has 1 aromatic rings. The lowest BCUT2D eigenvalue weighted by Gasteiger charge is -2.37. The zero-order chi connectivity index (χ0) is 16.6. The first-order valence-corrected chi connectivity index (χ1v) is 9.69. The van der Waals surface area contributed by atoms with Crippen molar-refractivity contribution in [3.8, 4) is 0 Å². The summed E-state index contributed by atoms with van der Waals surface area (Å²) in [5.41, 5.74) is 0. The van der Waals surface area contributed by atoms with Crippen LogP contribution in [0, 0.1) is 5.82 Å². The first-order valence-electron chi connectivity index (χ1n) is 7.49. The number of halogens is 3. The second-order valence-corrected chi connectivity index (χ2v) is 8.45. The SMILES string of the molecule is O=S(=O)(c1ccc(Cl)c(F)c1Cl)N1CCN(C2CCNC2)CC1. The van der Waals surface area contributed by atoms with Gasteiger partial charge >= 0.3 is 0 Å². The molecule has 2 heterocycles. The predicted molar refractivity (Wildman–Crippen MR) is 88.0 cm³/mol. The van der Waals surface area contributed by atoms with Crippen LogP contribution in [0.4, 0.5) is 4.39 Å². The van der Waals surface area contributed by atoms with Gasteiger partial charge in [0, 0.05) is 38.8 Å². The van der Waals surface area contributed by atoms with Crippen LogP contribution in [0.15, 0.2) is 17.0 Å². The van der Waals surface area contributed by atoms with Crippen molar-refractivity contribution in [1.82, 2.24) is 14.5 Å². The van der Waals surface area contributed by atoms with Crippen molar-refractivity contribution in [2.45, 2.75) is 17.4 Å². The molecule has 2 aliphatic heterocycles. The van der Waals surface area contributed by atoms with Gasteiger partial charge in [-0.25, -0.2) is 12.8 Å². The first kappa shape index (κ1) is 17.4. The normalized spacial score (nSPS) is 24.2. The number of nitrogens with zero attached hydrogens (tertiary/aromatic N) is 2. The van der Waals surface area contributed by atoms with E-state index < -0.39 is 20.9 Å². The lowest BCUT2D eigenvalue weighted by Crippen LogP contribution is -2.52. The Hall–Kier alpha value is -0.440. The standard InChI is InChI=1S/C14H18Cl2FN3O2S/c15-11-1-2-12(13(16)14(11)17)23(21,22)20-7-5-19(6-8-20)10-3-4-18-9-10/h1-2,10,18H,3-9H2. The van der Waals surface area contributed by atoms with Crippen LogP contribution in [-0.4, -0.2) is 62.9 Å². The molecule has 0 bridgehead atoms. The maximum Gasteiger partial charge on any atom is 0.244 e. The molecule has 3 rings (SSSR count). The minimum absolute atomic E-state index is 0.187. The summed E-state index contributed by atoms with van der Waals surface area (Å²) in [6.07, 6.45) is 1.08. The fourth-order valence-corrected chi connectivity index (χ4v) is 5.25. The summed E-state index contributed by atoms with van der Waals surface area (Å²) in [5, 5.41) is 2.68. The second kappa shape index (κ2) is 6.82. The van der Waals surface area contributed by atoms with Gasteiger partial charge in [-0.3, -0.25) is 4.90 Å². The van der Waals surface area contributed by atoms with Crippen molar-refractivity contribution in [2.75, 3.05) is 39.3 Å². The maximum atomic E-state index is 13.8. The fraction of sp³-hybridized carbons (Fsp3) is 0.571. The molecule has 23 heavy (non-hydrogen) atoms. The van der Waals surface area contributed by atoms with Gasteiger partial charge in [0.05, 0.1) is 10.0 Å². The summed E-state index contributed by atoms with van der Waals surface area (Å²) in [5.74, 6) is -0.898. The van der Waals surface area contributed by atoms with E-state index in [1.807, 2.05) is 0 Å². The molecular weight excluding hydrogens is 364 g/mol. The number of hydrogen-bond acceptors (Lipinski definition) is 4. The highest BCUT2D eigenvalue weighted by molar-refractivity contribution is 7.89. The highest BCUT2D eigenvalue weighted by Gasteiger charge is 2.33. The average molecular weight is 382 g/mol. The van der Waals surface area contributed by atoms with Gasteiger partial charge in [-0.1, -0.05) is 23.2 Å². The second-order valence-electron chi connectivity index (χ2n) is 5.76. The molecule has 2 fully saturated rings. The molecular formula is C14H18Cl2FN3O2S. The van der Waals surface area contributed by atoms with E-state index in [-0.39, 0.29) is 9.92 Å². The van der Waals surface area contributed by atoms with Gasteiger partial charge in [-0.15, -0.1) is 0 Å². The molecule has 0 aromatic heterocycles. The molecule has 0 aliphatic carbocycles. The molecule has 0 radical (unpaired) electrons. The molecule has 128 valence electrons. The minimum atomic E-state index is -3.82. The number of benzene rings is 1. The van der Waals surface area contributed by atoms with E-state index in [0.717, 1.165) is 19.5 Å². The van der Waals surface area contributed by atoms with Crippen LogP contribution in [-0.2, 0) is 10.0 Å². The number of nitrogens with one attached hydrogen (secondary N) is 1. The van der Waals surface area contributed by atoms with Gasteiger partial charge in [0.15, 0.2) is 5.82 Å². The monoisotopic (exact) mass is 381 g/mol. The average Bonchev–Trinajstić information content (AvgIpc) is 3.07. The molecule has 1 N–H and O–H groups in total. The van der Waals surface area contributed by atoms with Crippen LogP contribution in [0.25, 0.3) is 0 Å². The molecule has 5 nitrogen and oxygen atoms in total. The van der Waals surface area contributed by atoms with Crippen LogP contribution in [0.3, 0.4) is 0 Å². The minimum Gasteiger partial charge on any atom is -0.315 e. The Bertz CT molecular complexity index is 688. The molecule has 1 aromatic carbocycles.